The van der Waals surface area contributed by atoms with Crippen molar-refractivity contribution in [2.24, 2.45) is 5.92 Å². The quantitative estimate of drug-likeness (QED) is 0.323. The molecule has 4 N–H and O–H groups in total. The minimum Gasteiger partial charge on any atom is -0.339 e. The molecule has 8 heteroatoms. The summed E-state index contributed by atoms with van der Waals surface area (Å²) in [5.41, 5.74) is 5.65. The molecule has 1 aliphatic carbocycles. The van der Waals surface area contributed by atoms with E-state index >= 15 is 0 Å². The zero-order valence-corrected chi connectivity index (χ0v) is 20.2. The molecule has 1 unspecified atom stereocenters. The van der Waals surface area contributed by atoms with Crippen molar-refractivity contribution >= 4 is 46.5 Å². The molecule has 2 amide bonds. The molecule has 0 spiro atoms. The van der Waals surface area contributed by atoms with Crippen molar-refractivity contribution in [2.75, 3.05) is 21.3 Å². The average Bonchev–Trinajstić information content (AvgIpc) is 2.86. The molecule has 5 rings (SSSR count). The Morgan fingerprint density at radius 1 is 1.17 bits per heavy atom. The third-order valence-electron chi connectivity index (χ3n) is 6.17. The molecule has 35 heavy (non-hydrogen) atoms. The Labute approximate surface area is 209 Å². The maximum absolute atomic E-state index is 12.8. The predicted molar refractivity (Wildman–Crippen MR) is 143 cm³/mol. The van der Waals surface area contributed by atoms with E-state index in [1.807, 2.05) is 48.5 Å². The van der Waals surface area contributed by atoms with Crippen LogP contribution in [0.15, 0.2) is 72.6 Å². The van der Waals surface area contributed by atoms with Crippen molar-refractivity contribution in [1.82, 2.24) is 9.97 Å². The number of nitrogens with zero attached hydrogens (tertiary/aromatic N) is 2. The lowest BCUT2D eigenvalue weighted by molar-refractivity contribution is 0.262. The van der Waals surface area contributed by atoms with Gasteiger partial charge in [0.15, 0.2) is 5.82 Å². The highest BCUT2D eigenvalue weighted by molar-refractivity contribution is 6.32. The lowest BCUT2D eigenvalue weighted by Gasteiger charge is -2.20. The number of nitrogens with one attached hydrogen (secondary N) is 4. The van der Waals surface area contributed by atoms with Crippen LogP contribution >= 0.6 is 11.6 Å². The number of urea groups is 1. The summed E-state index contributed by atoms with van der Waals surface area (Å²) in [4.78, 5) is 21.7. The minimum atomic E-state index is -0.270. The summed E-state index contributed by atoms with van der Waals surface area (Å²) in [5, 5.41) is 13.0. The fraction of sp³-hybridized carbons (Fsp3) is 0.222. The van der Waals surface area contributed by atoms with Crippen LogP contribution in [0.1, 0.15) is 30.9 Å². The van der Waals surface area contributed by atoms with Gasteiger partial charge in [0, 0.05) is 22.8 Å². The van der Waals surface area contributed by atoms with E-state index in [0.717, 1.165) is 54.0 Å². The smallest absolute Gasteiger partial charge is 0.323 e. The number of halogens is 1. The first-order chi connectivity index (χ1) is 17.1. The average molecular weight is 487 g/mol. The number of aromatic nitrogens is 2. The van der Waals surface area contributed by atoms with E-state index in [2.05, 4.69) is 50.3 Å². The summed E-state index contributed by atoms with van der Waals surface area (Å²) in [6, 6.07) is 13.5. The van der Waals surface area contributed by atoms with Crippen molar-refractivity contribution in [1.29, 1.82) is 0 Å². The number of carbonyl (C=O) groups is 1. The zero-order chi connectivity index (χ0) is 24.2. The van der Waals surface area contributed by atoms with Crippen LogP contribution in [0.5, 0.6) is 0 Å². The molecule has 1 aliphatic heterocycles. The van der Waals surface area contributed by atoms with E-state index in [0.29, 0.717) is 22.7 Å². The first-order valence-corrected chi connectivity index (χ1v) is 12.2. The van der Waals surface area contributed by atoms with Crippen molar-refractivity contribution in [3.05, 3.63) is 88.7 Å². The van der Waals surface area contributed by atoms with Gasteiger partial charge in [0.05, 0.1) is 6.20 Å². The van der Waals surface area contributed by atoms with Crippen LogP contribution in [0, 0.1) is 5.92 Å². The fourth-order valence-electron chi connectivity index (χ4n) is 4.33. The third kappa shape index (κ3) is 5.63. The Bertz CT molecular complexity index is 1320. The number of fused-ring (bicyclic) bond motifs is 6. The highest BCUT2D eigenvalue weighted by Gasteiger charge is 2.17. The standard InChI is InChI=1S/C27H27ClN6O/c1-2-17-5-3-8-21(13-17)32-27(35)33-24-12-11-22-15-19(24)10-9-18-6-4-7-20(14-18)31-26-29-16-23(28)25(30-22)34-26/h3-8,11-13,15-16,18H,2,9-10,14H2,1H3,(H2,32,33,35)(H2,29,30,31,34). The number of hydrogen-bond donors (Lipinski definition) is 4. The molecule has 2 aliphatic rings. The maximum Gasteiger partial charge on any atom is 0.323 e. The van der Waals surface area contributed by atoms with Crippen LogP contribution in [0.25, 0.3) is 0 Å². The molecular formula is C27H27ClN6O. The van der Waals surface area contributed by atoms with Crippen LogP contribution in [-0.2, 0) is 12.8 Å². The molecule has 6 bridgehead atoms. The molecule has 3 aromatic rings. The van der Waals surface area contributed by atoms with E-state index in [1.54, 1.807) is 6.20 Å². The third-order valence-corrected chi connectivity index (χ3v) is 6.45. The van der Waals surface area contributed by atoms with Gasteiger partial charge in [0.2, 0.25) is 5.95 Å². The van der Waals surface area contributed by atoms with Gasteiger partial charge in [0.25, 0.3) is 0 Å². The molecule has 1 atom stereocenters. The highest BCUT2D eigenvalue weighted by atomic mass is 35.5. The van der Waals surface area contributed by atoms with E-state index in [1.165, 1.54) is 5.56 Å². The zero-order valence-electron chi connectivity index (χ0n) is 19.4. The molecule has 0 saturated heterocycles. The SMILES string of the molecule is CCc1cccc(NC(=O)Nc2ccc3cc2CCC2C=CC=C(C2)Nc2ncc(Cl)c(n2)N3)c1. The minimum absolute atomic E-state index is 0.270. The number of aryl methyl sites for hydroxylation is 2. The van der Waals surface area contributed by atoms with Gasteiger partial charge in [-0.25, -0.2) is 9.78 Å². The van der Waals surface area contributed by atoms with Crippen molar-refractivity contribution in [2.45, 2.75) is 32.6 Å². The van der Waals surface area contributed by atoms with Crippen LogP contribution in [0.4, 0.5) is 33.6 Å². The summed E-state index contributed by atoms with van der Waals surface area (Å²) in [6.07, 6.45) is 11.4. The first-order valence-electron chi connectivity index (χ1n) is 11.8. The van der Waals surface area contributed by atoms with Gasteiger partial charge in [-0.15, -0.1) is 0 Å². The summed E-state index contributed by atoms with van der Waals surface area (Å²) in [7, 11) is 0. The molecule has 178 valence electrons. The Kier molecular flexibility index (Phi) is 6.68. The van der Waals surface area contributed by atoms with Gasteiger partial charge in [-0.1, -0.05) is 42.8 Å². The number of rotatable bonds is 3. The number of allylic oxidation sites excluding steroid dienone is 4. The van der Waals surface area contributed by atoms with Gasteiger partial charge in [0.1, 0.15) is 5.02 Å². The van der Waals surface area contributed by atoms with E-state index in [-0.39, 0.29) is 6.03 Å². The lowest BCUT2D eigenvalue weighted by Crippen LogP contribution is -2.20. The van der Waals surface area contributed by atoms with E-state index < -0.39 is 0 Å². The normalized spacial score (nSPS) is 16.4. The number of hydrogen-bond acceptors (Lipinski definition) is 5. The first kappa shape index (κ1) is 22.9. The fourth-order valence-corrected chi connectivity index (χ4v) is 4.47. The molecule has 7 nitrogen and oxygen atoms in total. The van der Waals surface area contributed by atoms with Crippen molar-refractivity contribution in [3.8, 4) is 0 Å². The van der Waals surface area contributed by atoms with Gasteiger partial charge in [-0.2, -0.15) is 4.98 Å². The maximum atomic E-state index is 12.8. The molecule has 0 fully saturated rings. The molecule has 1 aromatic heterocycles. The molecule has 2 heterocycles. The predicted octanol–water partition coefficient (Wildman–Crippen LogP) is 6.90. The summed E-state index contributed by atoms with van der Waals surface area (Å²) < 4.78 is 0. The Morgan fingerprint density at radius 2 is 2.09 bits per heavy atom. The van der Waals surface area contributed by atoms with Crippen LogP contribution in [0.3, 0.4) is 0 Å². The largest absolute Gasteiger partial charge is 0.339 e. The molecule has 2 aromatic carbocycles. The number of benzene rings is 2. The Morgan fingerprint density at radius 3 is 2.97 bits per heavy atom. The monoisotopic (exact) mass is 486 g/mol. The van der Waals surface area contributed by atoms with Gasteiger partial charge in [-0.3, -0.25) is 0 Å². The van der Waals surface area contributed by atoms with E-state index in [9.17, 15) is 4.79 Å². The van der Waals surface area contributed by atoms with Crippen molar-refractivity contribution < 1.29 is 4.79 Å². The lowest BCUT2D eigenvalue weighted by atomic mass is 9.91. The topological polar surface area (TPSA) is 91.0 Å². The molecule has 0 saturated carbocycles. The number of anilines is 5. The molecule has 0 radical (unpaired) electrons. The van der Waals surface area contributed by atoms with Gasteiger partial charge in [-0.05, 0) is 79.1 Å². The number of amides is 2. The van der Waals surface area contributed by atoms with Gasteiger partial charge < -0.3 is 21.3 Å². The van der Waals surface area contributed by atoms with Crippen LogP contribution < -0.4 is 21.3 Å². The van der Waals surface area contributed by atoms with Crippen LogP contribution in [-0.4, -0.2) is 16.0 Å². The summed E-state index contributed by atoms with van der Waals surface area (Å²) >= 11 is 6.36. The molecular weight excluding hydrogens is 460 g/mol. The second kappa shape index (κ2) is 10.2. The van der Waals surface area contributed by atoms with Crippen molar-refractivity contribution in [3.63, 3.8) is 0 Å². The number of carbonyl (C=O) groups excluding carboxylic acids is 1. The second-order valence-electron chi connectivity index (χ2n) is 8.72. The highest BCUT2D eigenvalue weighted by Crippen LogP contribution is 2.31. The summed E-state index contributed by atoms with van der Waals surface area (Å²) in [6.45, 7) is 2.09. The van der Waals surface area contributed by atoms with Crippen LogP contribution in [0.2, 0.25) is 5.02 Å². The van der Waals surface area contributed by atoms with E-state index in [4.69, 9.17) is 11.6 Å². The Hall–Kier alpha value is -3.84. The summed E-state index contributed by atoms with van der Waals surface area (Å²) in [5.74, 6) is 1.39. The Balaban J connectivity index is 1.42. The van der Waals surface area contributed by atoms with Gasteiger partial charge >= 0.3 is 6.03 Å². The second-order valence-corrected chi connectivity index (χ2v) is 9.13.